The zero-order valence-corrected chi connectivity index (χ0v) is 11.0. The fraction of sp³-hybridized carbons (Fsp3) is 1.00. The summed E-state index contributed by atoms with van der Waals surface area (Å²) >= 11 is 0. The molecule has 3 unspecified atom stereocenters. The molecule has 0 aromatic carbocycles. The highest BCUT2D eigenvalue weighted by atomic mass is 14.7. The van der Waals surface area contributed by atoms with E-state index in [9.17, 15) is 0 Å². The Bertz CT molecular complexity index is 196. The smallest absolute Gasteiger partial charge is 0.00674 e. The Hall–Kier alpha value is -0.0400. The molecule has 2 rings (SSSR count). The van der Waals surface area contributed by atoms with Crippen LogP contribution in [0.15, 0.2) is 0 Å². The lowest BCUT2D eigenvalue weighted by Gasteiger charge is -2.35. The van der Waals surface area contributed by atoms with Gasteiger partial charge in [0.25, 0.3) is 0 Å². The van der Waals surface area contributed by atoms with Gasteiger partial charge >= 0.3 is 0 Å². The summed E-state index contributed by atoms with van der Waals surface area (Å²) in [4.78, 5) is 0. The van der Waals surface area contributed by atoms with Gasteiger partial charge in [-0.25, -0.2) is 0 Å². The summed E-state index contributed by atoms with van der Waals surface area (Å²) in [7, 11) is 0. The van der Waals surface area contributed by atoms with Crippen LogP contribution in [-0.4, -0.2) is 6.04 Å². The Morgan fingerprint density at radius 2 is 1.75 bits per heavy atom. The molecule has 0 bridgehead atoms. The first-order valence-corrected chi connectivity index (χ1v) is 7.55. The van der Waals surface area contributed by atoms with E-state index in [1.54, 1.807) is 0 Å². The maximum Gasteiger partial charge on any atom is 0.00674 e. The first-order chi connectivity index (χ1) is 7.79. The fourth-order valence-electron chi connectivity index (χ4n) is 4.00. The van der Waals surface area contributed by atoms with Crippen molar-refractivity contribution in [2.75, 3.05) is 0 Å². The van der Waals surface area contributed by atoms with Crippen molar-refractivity contribution in [2.45, 2.75) is 77.2 Å². The molecule has 2 aliphatic carbocycles. The van der Waals surface area contributed by atoms with Gasteiger partial charge in [-0.2, -0.15) is 0 Å². The maximum absolute atomic E-state index is 6.32. The minimum absolute atomic E-state index is 0.522. The van der Waals surface area contributed by atoms with E-state index < -0.39 is 0 Å². The first-order valence-electron chi connectivity index (χ1n) is 7.55. The summed E-state index contributed by atoms with van der Waals surface area (Å²) in [5.41, 5.74) is 6.32. The van der Waals surface area contributed by atoms with Crippen LogP contribution in [0, 0.1) is 17.8 Å². The minimum atomic E-state index is 0.522. The van der Waals surface area contributed by atoms with Crippen LogP contribution in [-0.2, 0) is 0 Å². The predicted octanol–water partition coefficient (Wildman–Crippen LogP) is 4.11. The Balaban J connectivity index is 1.80. The largest absolute Gasteiger partial charge is 0.327 e. The summed E-state index contributed by atoms with van der Waals surface area (Å²) in [5, 5.41) is 0. The molecule has 1 heteroatoms. The average molecular weight is 223 g/mol. The lowest BCUT2D eigenvalue weighted by Crippen LogP contribution is -2.37. The molecule has 2 N–H and O–H groups in total. The van der Waals surface area contributed by atoms with Crippen LogP contribution in [0.25, 0.3) is 0 Å². The average Bonchev–Trinajstić information content (AvgIpc) is 2.76. The highest BCUT2D eigenvalue weighted by Crippen LogP contribution is 2.38. The van der Waals surface area contributed by atoms with E-state index in [0.29, 0.717) is 6.04 Å². The summed E-state index contributed by atoms with van der Waals surface area (Å²) in [6.45, 7) is 2.32. The van der Waals surface area contributed by atoms with Crippen molar-refractivity contribution in [1.29, 1.82) is 0 Å². The highest BCUT2D eigenvalue weighted by molar-refractivity contribution is 4.85. The van der Waals surface area contributed by atoms with Gasteiger partial charge in [0.2, 0.25) is 0 Å². The zero-order valence-electron chi connectivity index (χ0n) is 11.0. The van der Waals surface area contributed by atoms with Crippen LogP contribution in [0.1, 0.15) is 71.1 Å². The summed E-state index contributed by atoms with van der Waals surface area (Å²) in [6, 6.07) is 0.522. The number of nitrogens with two attached hydrogens (primary N) is 1. The second-order valence-electron chi connectivity index (χ2n) is 6.28. The normalized spacial score (nSPS) is 36.8. The van der Waals surface area contributed by atoms with Crippen LogP contribution in [0.2, 0.25) is 0 Å². The van der Waals surface area contributed by atoms with E-state index in [1.165, 1.54) is 64.2 Å². The molecule has 0 amide bonds. The molecular formula is C15H29N. The third-order valence-electron chi connectivity index (χ3n) is 4.96. The van der Waals surface area contributed by atoms with Gasteiger partial charge in [-0.1, -0.05) is 45.4 Å². The number of rotatable bonds is 4. The van der Waals surface area contributed by atoms with Crippen LogP contribution in [0.4, 0.5) is 0 Å². The highest BCUT2D eigenvalue weighted by Gasteiger charge is 2.30. The lowest BCUT2D eigenvalue weighted by molar-refractivity contribution is 0.191. The summed E-state index contributed by atoms with van der Waals surface area (Å²) in [6.07, 6.45) is 14.3. The molecule has 3 atom stereocenters. The van der Waals surface area contributed by atoms with Crippen molar-refractivity contribution in [3.8, 4) is 0 Å². The van der Waals surface area contributed by atoms with Crippen molar-refractivity contribution in [3.63, 3.8) is 0 Å². The van der Waals surface area contributed by atoms with Crippen molar-refractivity contribution in [2.24, 2.45) is 23.5 Å². The van der Waals surface area contributed by atoms with E-state index >= 15 is 0 Å². The van der Waals surface area contributed by atoms with Crippen molar-refractivity contribution >= 4 is 0 Å². The Labute approximate surface area is 101 Å². The second kappa shape index (κ2) is 6.05. The number of hydrogen-bond donors (Lipinski definition) is 1. The third kappa shape index (κ3) is 3.23. The molecule has 0 radical (unpaired) electrons. The molecule has 16 heavy (non-hydrogen) atoms. The van der Waals surface area contributed by atoms with Gasteiger partial charge in [0.05, 0.1) is 0 Å². The van der Waals surface area contributed by atoms with Crippen molar-refractivity contribution in [1.82, 2.24) is 0 Å². The van der Waals surface area contributed by atoms with E-state index in [0.717, 1.165) is 17.8 Å². The predicted molar refractivity (Wildman–Crippen MR) is 70.3 cm³/mol. The molecule has 2 saturated carbocycles. The first kappa shape index (κ1) is 12.4. The molecule has 2 fully saturated rings. The maximum atomic E-state index is 6.32. The Morgan fingerprint density at radius 3 is 2.44 bits per heavy atom. The summed E-state index contributed by atoms with van der Waals surface area (Å²) in [5.74, 6) is 2.88. The van der Waals surface area contributed by atoms with E-state index in [2.05, 4.69) is 6.92 Å². The zero-order chi connectivity index (χ0) is 11.4. The number of hydrogen-bond acceptors (Lipinski definition) is 1. The SMILES string of the molecule is CCCC1CCC(N)C(CC2CCCC2)C1. The van der Waals surface area contributed by atoms with Gasteiger partial charge in [0.15, 0.2) is 0 Å². The molecule has 0 heterocycles. The van der Waals surface area contributed by atoms with Crippen LogP contribution in [0.3, 0.4) is 0 Å². The summed E-state index contributed by atoms with van der Waals surface area (Å²) < 4.78 is 0. The quantitative estimate of drug-likeness (QED) is 0.762. The molecule has 1 nitrogen and oxygen atoms in total. The molecular weight excluding hydrogens is 194 g/mol. The second-order valence-corrected chi connectivity index (χ2v) is 6.28. The lowest BCUT2D eigenvalue weighted by atomic mass is 9.73. The Kier molecular flexibility index (Phi) is 4.69. The van der Waals surface area contributed by atoms with Crippen molar-refractivity contribution < 1.29 is 0 Å². The van der Waals surface area contributed by atoms with Gasteiger partial charge in [-0.15, -0.1) is 0 Å². The molecule has 0 spiro atoms. The molecule has 0 saturated heterocycles. The van der Waals surface area contributed by atoms with Gasteiger partial charge in [-0.3, -0.25) is 0 Å². The third-order valence-corrected chi connectivity index (χ3v) is 4.96. The standard InChI is InChI=1S/C15H29N/c1-2-5-12-8-9-15(16)14(10-12)11-13-6-3-4-7-13/h12-15H,2-11,16H2,1H3. The molecule has 0 aliphatic heterocycles. The van der Waals surface area contributed by atoms with Crippen LogP contribution >= 0.6 is 0 Å². The Morgan fingerprint density at radius 1 is 1.00 bits per heavy atom. The monoisotopic (exact) mass is 223 g/mol. The van der Waals surface area contributed by atoms with Gasteiger partial charge in [-0.05, 0) is 43.4 Å². The van der Waals surface area contributed by atoms with Crippen LogP contribution < -0.4 is 5.73 Å². The minimum Gasteiger partial charge on any atom is -0.327 e. The molecule has 94 valence electrons. The van der Waals surface area contributed by atoms with E-state index in [4.69, 9.17) is 5.73 Å². The van der Waals surface area contributed by atoms with Gasteiger partial charge in [0.1, 0.15) is 0 Å². The van der Waals surface area contributed by atoms with Crippen LogP contribution in [0.5, 0.6) is 0 Å². The van der Waals surface area contributed by atoms with Crippen molar-refractivity contribution in [3.05, 3.63) is 0 Å². The topological polar surface area (TPSA) is 26.0 Å². The molecule has 2 aliphatic rings. The molecule has 0 aromatic rings. The van der Waals surface area contributed by atoms with Gasteiger partial charge in [0, 0.05) is 6.04 Å². The van der Waals surface area contributed by atoms with E-state index in [-0.39, 0.29) is 0 Å². The fourth-order valence-corrected chi connectivity index (χ4v) is 4.00. The molecule has 0 aromatic heterocycles. The van der Waals surface area contributed by atoms with Gasteiger partial charge < -0.3 is 5.73 Å². The van der Waals surface area contributed by atoms with E-state index in [1.807, 2.05) is 0 Å².